The Balaban J connectivity index is 2.84. The SMILES string of the molecule is CN=C(NCc1ccc(OC)c(OC)c1OC)NC(C)COC. The van der Waals surface area contributed by atoms with Gasteiger partial charge in [-0.3, -0.25) is 4.99 Å². The van der Waals surface area contributed by atoms with Crippen molar-refractivity contribution in [3.8, 4) is 17.2 Å². The van der Waals surface area contributed by atoms with Crippen LogP contribution >= 0.6 is 0 Å². The number of hydrogen-bond acceptors (Lipinski definition) is 5. The van der Waals surface area contributed by atoms with Crippen molar-refractivity contribution in [1.29, 1.82) is 0 Å². The molecule has 0 aliphatic carbocycles. The van der Waals surface area contributed by atoms with Crippen LogP contribution in [0.15, 0.2) is 17.1 Å². The van der Waals surface area contributed by atoms with E-state index in [-0.39, 0.29) is 6.04 Å². The van der Waals surface area contributed by atoms with Gasteiger partial charge >= 0.3 is 0 Å². The van der Waals surface area contributed by atoms with E-state index in [1.54, 1.807) is 35.5 Å². The summed E-state index contributed by atoms with van der Waals surface area (Å²) < 4.78 is 21.3. The number of ether oxygens (including phenoxy) is 4. The van der Waals surface area contributed by atoms with Gasteiger partial charge in [0.1, 0.15) is 0 Å². The molecule has 0 saturated carbocycles. The van der Waals surface area contributed by atoms with E-state index >= 15 is 0 Å². The molecule has 7 heteroatoms. The summed E-state index contributed by atoms with van der Waals surface area (Å²) >= 11 is 0. The van der Waals surface area contributed by atoms with Crippen molar-refractivity contribution in [2.45, 2.75) is 19.5 Å². The Labute approximate surface area is 138 Å². The van der Waals surface area contributed by atoms with E-state index in [1.165, 1.54) is 0 Å². The maximum absolute atomic E-state index is 5.47. The standard InChI is InChI=1S/C16H27N3O4/c1-11(10-20-3)19-16(17-2)18-9-12-7-8-13(21-4)15(23-6)14(12)22-5/h7-8,11H,9-10H2,1-6H3,(H2,17,18,19). The minimum atomic E-state index is 0.151. The van der Waals surface area contributed by atoms with Gasteiger partial charge in [-0.1, -0.05) is 0 Å². The third kappa shape index (κ3) is 5.21. The van der Waals surface area contributed by atoms with Gasteiger partial charge in [-0.15, -0.1) is 0 Å². The van der Waals surface area contributed by atoms with Crippen LogP contribution in [0, 0.1) is 0 Å². The molecule has 0 spiro atoms. The minimum absolute atomic E-state index is 0.151. The lowest BCUT2D eigenvalue weighted by atomic mass is 10.1. The Morgan fingerprint density at radius 1 is 1.09 bits per heavy atom. The molecule has 0 amide bonds. The number of nitrogens with one attached hydrogen (secondary N) is 2. The normalized spacial score (nSPS) is 12.5. The Morgan fingerprint density at radius 3 is 2.30 bits per heavy atom. The minimum Gasteiger partial charge on any atom is -0.493 e. The van der Waals surface area contributed by atoms with Crippen molar-refractivity contribution in [3.63, 3.8) is 0 Å². The largest absolute Gasteiger partial charge is 0.493 e. The van der Waals surface area contributed by atoms with Crippen LogP contribution in [0.1, 0.15) is 12.5 Å². The molecule has 7 nitrogen and oxygen atoms in total. The molecule has 2 N–H and O–H groups in total. The summed E-state index contributed by atoms with van der Waals surface area (Å²) in [5.74, 6) is 2.53. The average molecular weight is 325 g/mol. The quantitative estimate of drug-likeness (QED) is 0.556. The summed E-state index contributed by atoms with van der Waals surface area (Å²) in [6, 6.07) is 3.93. The van der Waals surface area contributed by atoms with Crippen LogP contribution in [0.3, 0.4) is 0 Å². The van der Waals surface area contributed by atoms with Gasteiger partial charge in [0.15, 0.2) is 17.5 Å². The molecule has 0 aliphatic heterocycles. The third-order valence-corrected chi connectivity index (χ3v) is 3.26. The van der Waals surface area contributed by atoms with Gasteiger partial charge in [0.25, 0.3) is 0 Å². The van der Waals surface area contributed by atoms with Crippen LogP contribution < -0.4 is 24.8 Å². The highest BCUT2D eigenvalue weighted by molar-refractivity contribution is 5.80. The molecule has 130 valence electrons. The number of nitrogens with zero attached hydrogens (tertiary/aromatic N) is 1. The first kappa shape index (κ1) is 18.9. The van der Waals surface area contributed by atoms with Crippen LogP contribution in [0.25, 0.3) is 0 Å². The summed E-state index contributed by atoms with van der Waals surface area (Å²) in [5, 5.41) is 6.49. The van der Waals surface area contributed by atoms with E-state index in [0.29, 0.717) is 36.4 Å². The second-order valence-electron chi connectivity index (χ2n) is 4.92. The molecule has 0 fully saturated rings. The highest BCUT2D eigenvalue weighted by Crippen LogP contribution is 2.39. The van der Waals surface area contributed by atoms with E-state index < -0.39 is 0 Å². The van der Waals surface area contributed by atoms with Crippen molar-refractivity contribution < 1.29 is 18.9 Å². The second kappa shape index (κ2) is 9.78. The van der Waals surface area contributed by atoms with Gasteiger partial charge in [0.2, 0.25) is 5.75 Å². The van der Waals surface area contributed by atoms with Gasteiger partial charge < -0.3 is 29.6 Å². The molecule has 1 atom stereocenters. The Morgan fingerprint density at radius 2 is 1.78 bits per heavy atom. The number of hydrogen-bond donors (Lipinski definition) is 2. The van der Waals surface area contributed by atoms with E-state index in [2.05, 4.69) is 15.6 Å². The summed E-state index contributed by atoms with van der Waals surface area (Å²) in [7, 11) is 8.18. The first-order chi connectivity index (χ1) is 11.1. The van der Waals surface area contributed by atoms with Crippen LogP contribution in [0.5, 0.6) is 17.2 Å². The zero-order chi connectivity index (χ0) is 17.2. The molecular weight excluding hydrogens is 298 g/mol. The fourth-order valence-electron chi connectivity index (χ4n) is 2.20. The van der Waals surface area contributed by atoms with Gasteiger partial charge in [-0.25, -0.2) is 0 Å². The number of aliphatic imine (C=N–C) groups is 1. The first-order valence-corrected chi connectivity index (χ1v) is 7.35. The number of guanidine groups is 1. The molecule has 0 heterocycles. The molecule has 0 aliphatic rings. The van der Waals surface area contributed by atoms with Crippen molar-refractivity contribution >= 4 is 5.96 Å². The van der Waals surface area contributed by atoms with Crippen molar-refractivity contribution in [2.24, 2.45) is 4.99 Å². The van der Waals surface area contributed by atoms with E-state index in [9.17, 15) is 0 Å². The summed E-state index contributed by atoms with van der Waals surface area (Å²) in [6.45, 7) is 3.15. The summed E-state index contributed by atoms with van der Waals surface area (Å²) in [4.78, 5) is 4.20. The zero-order valence-electron chi connectivity index (χ0n) is 14.7. The fraction of sp³-hybridized carbons (Fsp3) is 0.562. The van der Waals surface area contributed by atoms with Crippen LogP contribution in [-0.4, -0.2) is 54.1 Å². The first-order valence-electron chi connectivity index (χ1n) is 7.35. The Bertz CT molecular complexity index is 520. The molecule has 0 saturated heterocycles. The third-order valence-electron chi connectivity index (χ3n) is 3.26. The van der Waals surface area contributed by atoms with E-state index in [4.69, 9.17) is 18.9 Å². The molecule has 0 radical (unpaired) electrons. The van der Waals surface area contributed by atoms with Crippen molar-refractivity contribution in [3.05, 3.63) is 17.7 Å². The lowest BCUT2D eigenvalue weighted by Gasteiger charge is -2.19. The molecule has 0 aromatic heterocycles. The lowest BCUT2D eigenvalue weighted by Crippen LogP contribution is -2.43. The highest BCUT2D eigenvalue weighted by atomic mass is 16.5. The molecular formula is C16H27N3O4. The van der Waals surface area contributed by atoms with Crippen molar-refractivity contribution in [1.82, 2.24) is 10.6 Å². The van der Waals surface area contributed by atoms with Crippen molar-refractivity contribution in [2.75, 3.05) is 42.1 Å². The maximum atomic E-state index is 5.47. The van der Waals surface area contributed by atoms with Crippen LogP contribution in [0.4, 0.5) is 0 Å². The summed E-state index contributed by atoms with van der Waals surface area (Å²) in [6.07, 6.45) is 0. The molecule has 0 bridgehead atoms. The molecule has 1 rings (SSSR count). The summed E-state index contributed by atoms with van der Waals surface area (Å²) in [5.41, 5.74) is 0.937. The van der Waals surface area contributed by atoms with Gasteiger partial charge in [-0.05, 0) is 19.1 Å². The molecule has 23 heavy (non-hydrogen) atoms. The predicted molar refractivity (Wildman–Crippen MR) is 90.8 cm³/mol. The smallest absolute Gasteiger partial charge is 0.203 e. The van der Waals surface area contributed by atoms with E-state index in [0.717, 1.165) is 5.56 Å². The zero-order valence-corrected chi connectivity index (χ0v) is 14.7. The monoisotopic (exact) mass is 325 g/mol. The van der Waals surface area contributed by atoms with Gasteiger partial charge in [-0.2, -0.15) is 0 Å². The van der Waals surface area contributed by atoms with Crippen LogP contribution in [0.2, 0.25) is 0 Å². The average Bonchev–Trinajstić information content (AvgIpc) is 2.57. The number of methoxy groups -OCH3 is 4. The lowest BCUT2D eigenvalue weighted by molar-refractivity contribution is 0.179. The fourth-order valence-corrected chi connectivity index (χ4v) is 2.20. The maximum Gasteiger partial charge on any atom is 0.203 e. The molecule has 1 aromatic rings. The van der Waals surface area contributed by atoms with Crippen LogP contribution in [-0.2, 0) is 11.3 Å². The van der Waals surface area contributed by atoms with E-state index in [1.807, 2.05) is 19.1 Å². The Hall–Kier alpha value is -2.15. The molecule has 1 unspecified atom stereocenters. The second-order valence-corrected chi connectivity index (χ2v) is 4.92. The number of rotatable bonds is 8. The number of benzene rings is 1. The van der Waals surface area contributed by atoms with Gasteiger partial charge in [0, 0.05) is 32.3 Å². The highest BCUT2D eigenvalue weighted by Gasteiger charge is 2.16. The molecule has 1 aromatic carbocycles. The Kier molecular flexibility index (Phi) is 8.04. The van der Waals surface area contributed by atoms with Gasteiger partial charge in [0.05, 0.1) is 27.9 Å². The predicted octanol–water partition coefficient (Wildman–Crippen LogP) is 1.41. The topological polar surface area (TPSA) is 73.3 Å².